The van der Waals surface area contributed by atoms with Crippen LogP contribution in [0.15, 0.2) is 24.3 Å². The second-order valence-corrected chi connectivity index (χ2v) is 7.01. The summed E-state index contributed by atoms with van der Waals surface area (Å²) in [5, 5.41) is 0. The second kappa shape index (κ2) is 4.65. The number of fused-ring (bicyclic) bond motifs is 2. The number of aryl methyl sites for hydroxylation is 1. The zero-order chi connectivity index (χ0) is 11.8. The van der Waals surface area contributed by atoms with Gasteiger partial charge in [-0.25, -0.2) is 0 Å². The van der Waals surface area contributed by atoms with Crippen molar-refractivity contribution < 1.29 is 0 Å². The van der Waals surface area contributed by atoms with Crippen molar-refractivity contribution in [3.8, 4) is 11.8 Å². The highest BCUT2D eigenvalue weighted by molar-refractivity contribution is 14.1. The van der Waals surface area contributed by atoms with Crippen molar-refractivity contribution in [3.63, 3.8) is 0 Å². The zero-order valence-corrected chi connectivity index (χ0v) is 12.3. The van der Waals surface area contributed by atoms with E-state index in [0.29, 0.717) is 5.92 Å². The molecule has 88 valence electrons. The van der Waals surface area contributed by atoms with Crippen molar-refractivity contribution >= 4 is 22.6 Å². The predicted octanol–water partition coefficient (Wildman–Crippen LogP) is 4.20. The number of halogens is 1. The molecule has 0 spiro atoms. The maximum absolute atomic E-state index is 3.55. The first-order valence-electron chi connectivity index (χ1n) is 6.46. The molecular weight excluding hydrogens is 319 g/mol. The largest absolute Gasteiger partial charge is 0.0939 e. The Balaban J connectivity index is 1.78. The van der Waals surface area contributed by atoms with Crippen molar-refractivity contribution in [1.82, 2.24) is 0 Å². The van der Waals surface area contributed by atoms with Gasteiger partial charge in [0.25, 0.3) is 0 Å². The molecule has 0 aliphatic heterocycles. The zero-order valence-electron chi connectivity index (χ0n) is 10.1. The SMILES string of the molecule is Cc1ccc(C#C[C@H]2[C@@H]3CC[C@H]2[C@H](I)C3)cc1. The average molecular weight is 336 g/mol. The summed E-state index contributed by atoms with van der Waals surface area (Å²) in [4.78, 5) is 0. The van der Waals surface area contributed by atoms with Gasteiger partial charge in [-0.1, -0.05) is 52.1 Å². The van der Waals surface area contributed by atoms with Crippen LogP contribution in [-0.4, -0.2) is 3.92 Å². The highest BCUT2D eigenvalue weighted by Crippen LogP contribution is 2.52. The molecule has 2 fully saturated rings. The molecule has 17 heavy (non-hydrogen) atoms. The summed E-state index contributed by atoms with van der Waals surface area (Å²) in [7, 11) is 0. The quantitative estimate of drug-likeness (QED) is 0.378. The maximum atomic E-state index is 3.55. The van der Waals surface area contributed by atoms with Gasteiger partial charge in [0, 0.05) is 15.4 Å². The molecule has 0 nitrogen and oxygen atoms in total. The van der Waals surface area contributed by atoms with Gasteiger partial charge >= 0.3 is 0 Å². The Morgan fingerprint density at radius 1 is 1.18 bits per heavy atom. The van der Waals surface area contributed by atoms with E-state index in [9.17, 15) is 0 Å². The summed E-state index contributed by atoms with van der Waals surface area (Å²) < 4.78 is 0.878. The molecule has 1 aromatic rings. The minimum atomic E-state index is 0.679. The van der Waals surface area contributed by atoms with Crippen LogP contribution in [0.25, 0.3) is 0 Å². The summed E-state index contributed by atoms with van der Waals surface area (Å²) >= 11 is 2.63. The summed E-state index contributed by atoms with van der Waals surface area (Å²) in [6.45, 7) is 2.12. The third-order valence-electron chi connectivity index (χ3n) is 4.27. The average Bonchev–Trinajstić information content (AvgIpc) is 2.84. The molecule has 2 aliphatic rings. The van der Waals surface area contributed by atoms with Crippen molar-refractivity contribution in [3.05, 3.63) is 35.4 Å². The van der Waals surface area contributed by atoms with Gasteiger partial charge in [-0.15, -0.1) is 0 Å². The van der Waals surface area contributed by atoms with Gasteiger partial charge in [-0.2, -0.15) is 0 Å². The lowest BCUT2D eigenvalue weighted by molar-refractivity contribution is 0.500. The van der Waals surface area contributed by atoms with E-state index in [1.165, 1.54) is 30.4 Å². The van der Waals surface area contributed by atoms with E-state index in [4.69, 9.17) is 0 Å². The lowest BCUT2D eigenvalue weighted by Crippen LogP contribution is -2.10. The standard InChI is InChI=1S/C16H17I/c1-11-2-4-12(5-3-11)6-8-14-13-7-9-15(14)16(17)10-13/h2-5,13-16H,7,9-10H2,1H3/t13-,14+,15-,16-/m1/s1. The maximum Gasteiger partial charge on any atom is 0.0273 e. The molecule has 0 heterocycles. The number of hydrogen-bond donors (Lipinski definition) is 0. The molecule has 2 bridgehead atoms. The van der Waals surface area contributed by atoms with Gasteiger partial charge in [0.2, 0.25) is 0 Å². The number of alkyl halides is 1. The van der Waals surface area contributed by atoms with Crippen LogP contribution in [0.4, 0.5) is 0 Å². The molecule has 0 N–H and O–H groups in total. The summed E-state index contributed by atoms with van der Waals surface area (Å²) in [5.74, 6) is 9.38. The van der Waals surface area contributed by atoms with Crippen LogP contribution in [-0.2, 0) is 0 Å². The Labute approximate surface area is 117 Å². The Morgan fingerprint density at radius 2 is 1.94 bits per heavy atom. The minimum Gasteiger partial charge on any atom is -0.0939 e. The van der Waals surface area contributed by atoms with E-state index in [-0.39, 0.29) is 0 Å². The Hall–Kier alpha value is -0.490. The van der Waals surface area contributed by atoms with E-state index >= 15 is 0 Å². The first-order chi connectivity index (χ1) is 8.24. The van der Waals surface area contributed by atoms with Gasteiger partial charge in [-0.05, 0) is 50.2 Å². The van der Waals surface area contributed by atoms with Gasteiger partial charge in [-0.3, -0.25) is 0 Å². The van der Waals surface area contributed by atoms with Crippen LogP contribution < -0.4 is 0 Å². The van der Waals surface area contributed by atoms with Crippen LogP contribution in [0.5, 0.6) is 0 Å². The Bertz CT molecular complexity index is 463. The number of benzene rings is 1. The molecule has 2 saturated carbocycles. The van der Waals surface area contributed by atoms with Crippen molar-refractivity contribution in [1.29, 1.82) is 0 Å². The second-order valence-electron chi connectivity index (χ2n) is 5.41. The van der Waals surface area contributed by atoms with E-state index < -0.39 is 0 Å². The minimum absolute atomic E-state index is 0.679. The van der Waals surface area contributed by atoms with Crippen molar-refractivity contribution in [2.45, 2.75) is 30.1 Å². The third-order valence-corrected chi connectivity index (χ3v) is 5.70. The van der Waals surface area contributed by atoms with E-state index in [2.05, 4.69) is 65.6 Å². The summed E-state index contributed by atoms with van der Waals surface area (Å²) in [5.41, 5.74) is 2.48. The lowest BCUT2D eigenvalue weighted by atomic mass is 9.98. The normalized spacial score (nSPS) is 34.5. The van der Waals surface area contributed by atoms with E-state index in [1.54, 1.807) is 0 Å². The Kier molecular flexibility index (Phi) is 3.17. The third kappa shape index (κ3) is 2.25. The monoisotopic (exact) mass is 336 g/mol. The molecule has 0 aromatic heterocycles. The van der Waals surface area contributed by atoms with E-state index in [1.807, 2.05) is 0 Å². The van der Waals surface area contributed by atoms with Gasteiger partial charge in [0.1, 0.15) is 0 Å². The van der Waals surface area contributed by atoms with Crippen LogP contribution >= 0.6 is 22.6 Å². The first kappa shape index (κ1) is 11.6. The number of rotatable bonds is 0. The Morgan fingerprint density at radius 3 is 2.53 bits per heavy atom. The molecule has 4 atom stereocenters. The lowest BCUT2D eigenvalue weighted by Gasteiger charge is -2.13. The smallest absolute Gasteiger partial charge is 0.0273 e. The fraction of sp³-hybridized carbons (Fsp3) is 0.500. The molecule has 2 aliphatic carbocycles. The highest BCUT2D eigenvalue weighted by atomic mass is 127. The highest BCUT2D eigenvalue weighted by Gasteiger charge is 2.46. The topological polar surface area (TPSA) is 0 Å². The van der Waals surface area contributed by atoms with Crippen LogP contribution in [0.2, 0.25) is 0 Å². The fourth-order valence-electron chi connectivity index (χ4n) is 3.28. The first-order valence-corrected chi connectivity index (χ1v) is 7.71. The molecule has 0 radical (unpaired) electrons. The number of hydrogen-bond acceptors (Lipinski definition) is 0. The predicted molar refractivity (Wildman–Crippen MR) is 80.2 cm³/mol. The molecule has 3 rings (SSSR count). The van der Waals surface area contributed by atoms with Gasteiger partial charge < -0.3 is 0 Å². The van der Waals surface area contributed by atoms with Crippen molar-refractivity contribution in [2.75, 3.05) is 0 Å². The summed E-state index contributed by atoms with van der Waals surface area (Å²) in [6.07, 6.45) is 4.22. The molecule has 0 unspecified atom stereocenters. The van der Waals surface area contributed by atoms with Crippen LogP contribution in [0.3, 0.4) is 0 Å². The molecule has 1 heteroatoms. The van der Waals surface area contributed by atoms with Gasteiger partial charge in [0.05, 0.1) is 0 Å². The molecule has 1 aromatic carbocycles. The molecule has 0 saturated heterocycles. The molecular formula is C16H17I. The van der Waals surface area contributed by atoms with Crippen LogP contribution in [0.1, 0.15) is 30.4 Å². The van der Waals surface area contributed by atoms with E-state index in [0.717, 1.165) is 15.8 Å². The fourth-order valence-corrected chi connectivity index (χ4v) is 4.74. The summed E-state index contributed by atoms with van der Waals surface area (Å²) in [6, 6.07) is 8.57. The molecule has 0 amide bonds. The van der Waals surface area contributed by atoms with Crippen LogP contribution in [0, 0.1) is 36.5 Å². The van der Waals surface area contributed by atoms with Gasteiger partial charge in [0.15, 0.2) is 0 Å². The van der Waals surface area contributed by atoms with Crippen molar-refractivity contribution in [2.24, 2.45) is 17.8 Å².